The van der Waals surface area contributed by atoms with Gasteiger partial charge in [-0.05, 0) is 49.9 Å². The molecule has 1 aromatic rings. The highest BCUT2D eigenvalue weighted by atomic mass is 16.4. The van der Waals surface area contributed by atoms with Gasteiger partial charge in [0.1, 0.15) is 23.9 Å². The summed E-state index contributed by atoms with van der Waals surface area (Å²) in [5.41, 5.74) is 22.7. The molecule has 18 heteroatoms. The van der Waals surface area contributed by atoms with Crippen molar-refractivity contribution >= 4 is 41.5 Å². The van der Waals surface area contributed by atoms with E-state index >= 15 is 0 Å². The number of benzene rings is 1. The summed E-state index contributed by atoms with van der Waals surface area (Å²) in [7, 11) is 0. The molecule has 45 heavy (non-hydrogen) atoms. The van der Waals surface area contributed by atoms with Gasteiger partial charge < -0.3 is 59.5 Å². The molecule has 4 atom stereocenters. The summed E-state index contributed by atoms with van der Waals surface area (Å²) >= 11 is 0. The summed E-state index contributed by atoms with van der Waals surface area (Å²) in [6.07, 6.45) is 0.859. The van der Waals surface area contributed by atoms with Crippen LogP contribution in [0.25, 0.3) is 0 Å². The highest BCUT2D eigenvalue weighted by Gasteiger charge is 2.29. The fourth-order valence-corrected chi connectivity index (χ4v) is 3.95. The molecule has 1 rings (SSSR count). The minimum Gasteiger partial charge on any atom is -0.508 e. The van der Waals surface area contributed by atoms with Gasteiger partial charge in [-0.3, -0.25) is 29.0 Å². The highest BCUT2D eigenvalue weighted by Crippen LogP contribution is 2.12. The number of nitrogens with two attached hydrogens (primary N) is 4. The van der Waals surface area contributed by atoms with Crippen LogP contribution < -0.4 is 44.2 Å². The molecule has 0 aliphatic carbocycles. The van der Waals surface area contributed by atoms with Crippen LogP contribution in [0.4, 0.5) is 0 Å². The molecule has 0 aliphatic rings. The Kier molecular flexibility index (Phi) is 17.0. The number of hydrogen-bond donors (Lipinski definition) is 11. The van der Waals surface area contributed by atoms with E-state index < -0.39 is 72.7 Å². The molecule has 250 valence electrons. The van der Waals surface area contributed by atoms with Gasteiger partial charge >= 0.3 is 11.9 Å². The van der Waals surface area contributed by atoms with Crippen LogP contribution in [0.1, 0.15) is 44.1 Å². The molecule has 4 unspecified atom stereocenters. The normalized spacial score (nSPS) is 13.3. The average Bonchev–Trinajstić information content (AvgIpc) is 2.97. The Morgan fingerprint density at radius 3 is 2.02 bits per heavy atom. The van der Waals surface area contributed by atoms with Gasteiger partial charge in [0.15, 0.2) is 5.96 Å². The van der Waals surface area contributed by atoms with E-state index in [9.17, 15) is 33.9 Å². The number of carbonyl (C=O) groups is 6. The SMILES string of the molecule is NCCCCC(N)C(=O)NC(Cc1ccc(O)cc1)C(=O)NC(CCCN=C(N)N)C(=O)NCC(=O)NC(CC(=O)O)C(=O)O. The Balaban J connectivity index is 3.09. The number of unbranched alkanes of at least 4 members (excludes halogenated alkanes) is 1. The number of rotatable bonds is 21. The zero-order valence-corrected chi connectivity index (χ0v) is 24.7. The lowest BCUT2D eigenvalue weighted by atomic mass is 10.0. The zero-order chi connectivity index (χ0) is 33.9. The van der Waals surface area contributed by atoms with Crippen molar-refractivity contribution in [3.8, 4) is 5.75 Å². The van der Waals surface area contributed by atoms with Crippen LogP contribution >= 0.6 is 0 Å². The Morgan fingerprint density at radius 1 is 0.800 bits per heavy atom. The summed E-state index contributed by atoms with van der Waals surface area (Å²) in [6, 6.07) is 0.790. The maximum Gasteiger partial charge on any atom is 0.326 e. The number of guanidine groups is 1. The van der Waals surface area contributed by atoms with Crippen LogP contribution in [0.2, 0.25) is 0 Å². The van der Waals surface area contributed by atoms with Crippen LogP contribution in [-0.2, 0) is 35.2 Å². The fourth-order valence-electron chi connectivity index (χ4n) is 3.95. The molecule has 0 fully saturated rings. The Bertz CT molecular complexity index is 1190. The molecule has 0 spiro atoms. The topological polar surface area (TPSA) is 328 Å². The lowest BCUT2D eigenvalue weighted by Gasteiger charge is -2.24. The molecule has 0 saturated carbocycles. The molecule has 4 amide bonds. The average molecular weight is 638 g/mol. The number of aliphatic imine (C=N–C) groups is 1. The summed E-state index contributed by atoms with van der Waals surface area (Å²) in [6.45, 7) is -0.200. The third-order valence-corrected chi connectivity index (χ3v) is 6.33. The van der Waals surface area contributed by atoms with Crippen LogP contribution in [-0.4, -0.2) is 101 Å². The standard InChI is InChI=1S/C27H43N9O9/c28-10-2-1-4-17(29)23(41)36-19(12-15-6-8-16(37)9-7-15)25(43)35-18(5-3-11-32-27(30)31)24(42)33-14-21(38)34-20(26(44)45)13-22(39)40/h6-9,17-20,37H,1-5,10-14,28-29H2,(H,33,42)(H,34,38)(H,35,43)(H,36,41)(H,39,40)(H,44,45)(H4,30,31,32). The van der Waals surface area contributed by atoms with Crippen LogP contribution in [0.5, 0.6) is 5.75 Å². The Morgan fingerprint density at radius 2 is 1.44 bits per heavy atom. The first-order valence-electron chi connectivity index (χ1n) is 14.1. The molecule has 0 saturated heterocycles. The van der Waals surface area contributed by atoms with Crippen molar-refractivity contribution in [3.63, 3.8) is 0 Å². The number of nitrogens with one attached hydrogen (secondary N) is 4. The number of carboxylic acid groups (broad SMARTS) is 2. The van der Waals surface area contributed by atoms with Gasteiger partial charge in [0.05, 0.1) is 19.0 Å². The molecular weight excluding hydrogens is 594 g/mol. The predicted molar refractivity (Wildman–Crippen MR) is 161 cm³/mol. The van der Waals surface area contributed by atoms with Gasteiger partial charge in [-0.2, -0.15) is 0 Å². The van der Waals surface area contributed by atoms with Crippen LogP contribution in [0.15, 0.2) is 29.3 Å². The monoisotopic (exact) mass is 637 g/mol. The quantitative estimate of drug-likeness (QED) is 0.0356. The second kappa shape index (κ2) is 20.1. The second-order valence-corrected chi connectivity index (χ2v) is 10.1. The predicted octanol–water partition coefficient (Wildman–Crippen LogP) is -3.43. The molecule has 0 aliphatic heterocycles. The molecule has 0 heterocycles. The van der Waals surface area contributed by atoms with Gasteiger partial charge in [0.25, 0.3) is 0 Å². The molecule has 1 aromatic carbocycles. The Labute approximate surface area is 259 Å². The van der Waals surface area contributed by atoms with Crippen molar-refractivity contribution < 1.29 is 44.1 Å². The number of aliphatic carboxylic acids is 2. The maximum absolute atomic E-state index is 13.5. The molecular formula is C27H43N9O9. The van der Waals surface area contributed by atoms with E-state index in [4.69, 9.17) is 33.1 Å². The largest absolute Gasteiger partial charge is 0.508 e. The lowest BCUT2D eigenvalue weighted by Crippen LogP contribution is -2.57. The molecule has 15 N–H and O–H groups in total. The third kappa shape index (κ3) is 15.9. The number of nitrogens with zero attached hydrogens (tertiary/aromatic N) is 1. The number of phenolic OH excluding ortho intramolecular Hbond substituents is 1. The minimum atomic E-state index is -1.73. The van der Waals surface area contributed by atoms with Crippen molar-refractivity contribution in [2.75, 3.05) is 19.6 Å². The van der Waals surface area contributed by atoms with Crippen LogP contribution in [0, 0.1) is 0 Å². The molecule has 0 aromatic heterocycles. The number of carboxylic acids is 2. The van der Waals surface area contributed by atoms with Gasteiger partial charge in [0, 0.05) is 13.0 Å². The number of hydrogen-bond acceptors (Lipinski definition) is 10. The first kappa shape index (κ1) is 38.1. The molecule has 0 radical (unpaired) electrons. The van der Waals surface area contributed by atoms with Gasteiger partial charge in [-0.25, -0.2) is 4.79 Å². The van der Waals surface area contributed by atoms with Crippen molar-refractivity contribution in [1.82, 2.24) is 21.3 Å². The second-order valence-electron chi connectivity index (χ2n) is 10.1. The van der Waals surface area contributed by atoms with Gasteiger partial charge in [0.2, 0.25) is 23.6 Å². The molecule has 0 bridgehead atoms. The zero-order valence-electron chi connectivity index (χ0n) is 24.7. The van der Waals surface area contributed by atoms with Crippen molar-refractivity contribution in [2.45, 2.75) is 69.1 Å². The minimum absolute atomic E-state index is 0.00871. The van der Waals surface area contributed by atoms with E-state index in [1.807, 2.05) is 5.32 Å². The van der Waals surface area contributed by atoms with Gasteiger partial charge in [-0.15, -0.1) is 0 Å². The number of carbonyl (C=O) groups excluding carboxylic acids is 4. The number of aromatic hydroxyl groups is 1. The van der Waals surface area contributed by atoms with E-state index in [2.05, 4.69) is 20.9 Å². The van der Waals surface area contributed by atoms with Crippen molar-refractivity contribution in [3.05, 3.63) is 29.8 Å². The summed E-state index contributed by atoms with van der Waals surface area (Å²) in [4.78, 5) is 77.5. The third-order valence-electron chi connectivity index (χ3n) is 6.33. The molecule has 18 nitrogen and oxygen atoms in total. The van der Waals surface area contributed by atoms with Crippen molar-refractivity contribution in [1.29, 1.82) is 0 Å². The Hall–Kier alpha value is -4.97. The van der Waals surface area contributed by atoms with Gasteiger partial charge in [-0.1, -0.05) is 18.6 Å². The smallest absolute Gasteiger partial charge is 0.326 e. The number of amides is 4. The maximum atomic E-state index is 13.5. The number of phenols is 1. The van der Waals surface area contributed by atoms with E-state index in [1.165, 1.54) is 12.1 Å². The first-order valence-corrected chi connectivity index (χ1v) is 14.1. The van der Waals surface area contributed by atoms with Crippen molar-refractivity contribution in [2.24, 2.45) is 27.9 Å². The van der Waals surface area contributed by atoms with Crippen LogP contribution in [0.3, 0.4) is 0 Å². The summed E-state index contributed by atoms with van der Waals surface area (Å²) < 4.78 is 0. The van der Waals surface area contributed by atoms with E-state index in [0.717, 1.165) is 0 Å². The van der Waals surface area contributed by atoms with E-state index in [-0.39, 0.29) is 37.5 Å². The summed E-state index contributed by atoms with van der Waals surface area (Å²) in [5.74, 6) is -6.42. The first-order chi connectivity index (χ1) is 21.2. The van der Waals surface area contributed by atoms with E-state index in [1.54, 1.807) is 12.1 Å². The fraction of sp³-hybridized carbons (Fsp3) is 0.519. The highest BCUT2D eigenvalue weighted by molar-refractivity contribution is 5.95. The summed E-state index contributed by atoms with van der Waals surface area (Å²) in [5, 5.41) is 37.0. The lowest BCUT2D eigenvalue weighted by molar-refractivity contribution is -0.147. The van der Waals surface area contributed by atoms with E-state index in [0.29, 0.717) is 31.4 Å².